The van der Waals surface area contributed by atoms with Crippen molar-refractivity contribution in [1.29, 1.82) is 0 Å². The minimum absolute atomic E-state index is 0.145. The highest BCUT2D eigenvalue weighted by Crippen LogP contribution is 2.37. The summed E-state index contributed by atoms with van der Waals surface area (Å²) in [5, 5.41) is 18.9. The zero-order valence-corrected chi connectivity index (χ0v) is 19.5. The van der Waals surface area contributed by atoms with Gasteiger partial charge in [0.15, 0.2) is 0 Å². The van der Waals surface area contributed by atoms with Crippen LogP contribution >= 0.6 is 11.6 Å². The van der Waals surface area contributed by atoms with E-state index < -0.39 is 12.3 Å². The van der Waals surface area contributed by atoms with E-state index in [0.717, 1.165) is 29.6 Å². The van der Waals surface area contributed by atoms with E-state index in [1.165, 1.54) is 0 Å². The standard InChI is InChI=1S/C24H28ClFN6O2/c1-2-3-5-32-11-16(10-28-32)29-24-27-9-15-7-19(25)18(8-21(15)30-24)17-4-6-31(12-20(17)26)22-13-34-14-23(22)33/h2,7-11,17,20,22-23,33H,1,3-6,12-14H2,(H,27,29,30)/t17-,20+,22+,23-/m0/s1. The van der Waals surface area contributed by atoms with Gasteiger partial charge in [0, 0.05) is 41.8 Å². The summed E-state index contributed by atoms with van der Waals surface area (Å²) < 4.78 is 22.5. The van der Waals surface area contributed by atoms with Gasteiger partial charge in [-0.2, -0.15) is 5.10 Å². The summed E-state index contributed by atoms with van der Waals surface area (Å²) >= 11 is 6.57. The van der Waals surface area contributed by atoms with Crippen LogP contribution in [0.1, 0.15) is 24.3 Å². The van der Waals surface area contributed by atoms with E-state index >= 15 is 4.39 Å². The molecule has 4 atom stereocenters. The average Bonchev–Trinajstić information content (AvgIpc) is 3.46. The second-order valence-corrected chi connectivity index (χ2v) is 9.31. The van der Waals surface area contributed by atoms with Gasteiger partial charge in [0.2, 0.25) is 5.95 Å². The number of aliphatic hydroxyl groups is 1. The first-order valence-corrected chi connectivity index (χ1v) is 11.9. The Morgan fingerprint density at radius 2 is 2.21 bits per heavy atom. The predicted molar refractivity (Wildman–Crippen MR) is 129 cm³/mol. The molecular formula is C24H28ClFN6O2. The number of ether oxygens (including phenoxy) is 1. The van der Waals surface area contributed by atoms with E-state index in [2.05, 4.69) is 27.0 Å². The van der Waals surface area contributed by atoms with Gasteiger partial charge in [0.05, 0.1) is 42.8 Å². The molecule has 2 saturated heterocycles. The lowest BCUT2D eigenvalue weighted by atomic mass is 9.86. The third-order valence-electron chi connectivity index (χ3n) is 6.61. The second kappa shape index (κ2) is 9.95. The molecule has 2 aliphatic heterocycles. The SMILES string of the molecule is C=CCCn1cc(Nc2ncc3cc(Cl)c([C@@H]4CCN([C@@H]5COC[C@@H]5O)C[C@H]4F)cc3n2)cn1. The number of fused-ring (bicyclic) bond motifs is 1. The number of allylic oxidation sites excluding steroid dienone is 1. The summed E-state index contributed by atoms with van der Waals surface area (Å²) in [7, 11) is 0. The van der Waals surface area contributed by atoms with Crippen molar-refractivity contribution in [3.05, 3.63) is 54.0 Å². The fourth-order valence-corrected chi connectivity index (χ4v) is 5.09. The first-order valence-electron chi connectivity index (χ1n) is 11.5. The number of piperidine rings is 1. The molecule has 180 valence electrons. The van der Waals surface area contributed by atoms with E-state index in [1.54, 1.807) is 18.5 Å². The number of anilines is 2. The molecule has 0 radical (unpaired) electrons. The van der Waals surface area contributed by atoms with Crippen molar-refractivity contribution >= 4 is 34.1 Å². The van der Waals surface area contributed by atoms with E-state index in [9.17, 15) is 5.11 Å². The van der Waals surface area contributed by atoms with Gasteiger partial charge in [0.25, 0.3) is 0 Å². The average molecular weight is 487 g/mol. The number of alkyl halides is 1. The molecule has 2 aromatic heterocycles. The molecule has 2 fully saturated rings. The van der Waals surface area contributed by atoms with E-state index in [0.29, 0.717) is 42.7 Å². The van der Waals surface area contributed by atoms with Crippen LogP contribution in [0, 0.1) is 0 Å². The van der Waals surface area contributed by atoms with Gasteiger partial charge in [-0.15, -0.1) is 6.58 Å². The number of halogens is 2. The Kier molecular flexibility index (Phi) is 6.78. The molecule has 0 amide bonds. The number of aliphatic hydroxyl groups excluding tert-OH is 1. The summed E-state index contributed by atoms with van der Waals surface area (Å²) in [6, 6.07) is 3.53. The van der Waals surface area contributed by atoms with Crippen molar-refractivity contribution in [1.82, 2.24) is 24.6 Å². The van der Waals surface area contributed by atoms with Crippen LogP contribution in [0.2, 0.25) is 5.02 Å². The third-order valence-corrected chi connectivity index (χ3v) is 6.94. The first-order chi connectivity index (χ1) is 16.5. The summed E-state index contributed by atoms with van der Waals surface area (Å²) in [6.07, 6.45) is 6.94. The van der Waals surface area contributed by atoms with Crippen molar-refractivity contribution in [2.24, 2.45) is 0 Å². The number of hydrogen-bond donors (Lipinski definition) is 2. The number of nitrogens with zero attached hydrogens (tertiary/aromatic N) is 5. The monoisotopic (exact) mass is 486 g/mol. The Labute approximate surface area is 202 Å². The Balaban J connectivity index is 1.33. The van der Waals surface area contributed by atoms with Gasteiger partial charge in [-0.3, -0.25) is 9.58 Å². The lowest BCUT2D eigenvalue weighted by molar-refractivity contribution is 0.0353. The molecule has 0 unspecified atom stereocenters. The highest BCUT2D eigenvalue weighted by atomic mass is 35.5. The topological polar surface area (TPSA) is 88.3 Å². The first kappa shape index (κ1) is 23.2. The highest BCUT2D eigenvalue weighted by Gasteiger charge is 2.39. The van der Waals surface area contributed by atoms with Gasteiger partial charge in [0.1, 0.15) is 6.17 Å². The van der Waals surface area contributed by atoms with Crippen molar-refractivity contribution in [2.75, 3.05) is 31.6 Å². The van der Waals surface area contributed by atoms with Gasteiger partial charge in [-0.1, -0.05) is 17.7 Å². The van der Waals surface area contributed by atoms with Crippen molar-refractivity contribution < 1.29 is 14.2 Å². The smallest absolute Gasteiger partial charge is 0.227 e. The van der Waals surface area contributed by atoms with E-state index in [1.807, 2.05) is 27.9 Å². The molecule has 0 bridgehead atoms. The molecular weight excluding hydrogens is 459 g/mol. The minimum Gasteiger partial charge on any atom is -0.389 e. The highest BCUT2D eigenvalue weighted by molar-refractivity contribution is 6.32. The molecule has 3 aromatic rings. The summed E-state index contributed by atoms with van der Waals surface area (Å²) in [6.45, 7) is 6.15. The number of rotatable bonds is 7. The molecule has 5 rings (SSSR count). The minimum atomic E-state index is -1.10. The van der Waals surface area contributed by atoms with Crippen molar-refractivity contribution in [2.45, 2.75) is 43.6 Å². The summed E-state index contributed by atoms with van der Waals surface area (Å²) in [5.41, 5.74) is 2.24. The molecule has 0 saturated carbocycles. The molecule has 4 heterocycles. The van der Waals surface area contributed by atoms with Crippen LogP contribution in [-0.4, -0.2) is 74.4 Å². The Bertz CT molecular complexity index is 1170. The van der Waals surface area contributed by atoms with Gasteiger partial charge < -0.3 is 15.2 Å². The number of likely N-dealkylation sites (tertiary alicyclic amines) is 1. The maximum absolute atomic E-state index is 15.3. The summed E-state index contributed by atoms with van der Waals surface area (Å²) in [5.74, 6) is 0.105. The number of nitrogens with one attached hydrogen (secondary N) is 1. The zero-order valence-electron chi connectivity index (χ0n) is 18.8. The van der Waals surface area contributed by atoms with Gasteiger partial charge in [-0.25, -0.2) is 14.4 Å². The van der Waals surface area contributed by atoms with Crippen LogP contribution in [0.3, 0.4) is 0 Å². The van der Waals surface area contributed by atoms with Crippen LogP contribution < -0.4 is 5.32 Å². The zero-order chi connectivity index (χ0) is 23.7. The Hall–Kier alpha value is -2.59. The number of aromatic nitrogens is 4. The quantitative estimate of drug-likeness (QED) is 0.492. The van der Waals surface area contributed by atoms with Gasteiger partial charge in [-0.05, 0) is 37.1 Å². The maximum atomic E-state index is 15.3. The van der Waals surface area contributed by atoms with Gasteiger partial charge >= 0.3 is 0 Å². The molecule has 0 spiro atoms. The second-order valence-electron chi connectivity index (χ2n) is 8.90. The van der Waals surface area contributed by atoms with Crippen molar-refractivity contribution in [3.63, 3.8) is 0 Å². The van der Waals surface area contributed by atoms with Crippen molar-refractivity contribution in [3.8, 4) is 0 Å². The molecule has 34 heavy (non-hydrogen) atoms. The molecule has 8 nitrogen and oxygen atoms in total. The van der Waals surface area contributed by atoms with Crippen LogP contribution in [0.4, 0.5) is 16.0 Å². The summed E-state index contributed by atoms with van der Waals surface area (Å²) in [4.78, 5) is 11.0. The number of aryl methyl sites for hydroxylation is 1. The van der Waals surface area contributed by atoms with Crippen LogP contribution in [-0.2, 0) is 11.3 Å². The number of hydrogen-bond acceptors (Lipinski definition) is 7. The Morgan fingerprint density at radius 3 is 2.97 bits per heavy atom. The lowest BCUT2D eigenvalue weighted by Crippen LogP contribution is -2.50. The predicted octanol–water partition coefficient (Wildman–Crippen LogP) is 3.69. The normalized spacial score (nSPS) is 25.6. The largest absolute Gasteiger partial charge is 0.389 e. The molecule has 10 heteroatoms. The van der Waals surface area contributed by atoms with E-state index in [-0.39, 0.29) is 18.5 Å². The van der Waals surface area contributed by atoms with E-state index in [4.69, 9.17) is 16.3 Å². The molecule has 0 aliphatic carbocycles. The van der Waals surface area contributed by atoms with Crippen LogP contribution in [0.5, 0.6) is 0 Å². The maximum Gasteiger partial charge on any atom is 0.227 e. The molecule has 1 aromatic carbocycles. The third kappa shape index (κ3) is 4.79. The van der Waals surface area contributed by atoms with Crippen LogP contribution in [0.25, 0.3) is 10.9 Å². The molecule has 2 aliphatic rings. The fraction of sp³-hybridized carbons (Fsp3) is 0.458. The number of benzene rings is 1. The Morgan fingerprint density at radius 1 is 1.32 bits per heavy atom. The lowest BCUT2D eigenvalue weighted by Gasteiger charge is -2.39. The molecule has 2 N–H and O–H groups in total. The van der Waals surface area contributed by atoms with Crippen LogP contribution in [0.15, 0.2) is 43.4 Å². The fourth-order valence-electron chi connectivity index (χ4n) is 4.77.